The first kappa shape index (κ1) is 10.2. The van der Waals surface area contributed by atoms with Crippen molar-refractivity contribution in [3.8, 4) is 0 Å². The summed E-state index contributed by atoms with van der Waals surface area (Å²) >= 11 is 0. The molecule has 0 aliphatic carbocycles. The number of non-ortho nitro benzene ring substituents is 1. The Labute approximate surface area is 89.9 Å². The van der Waals surface area contributed by atoms with E-state index in [0.717, 1.165) is 0 Å². The topological polar surface area (TPSA) is 89.7 Å². The van der Waals surface area contributed by atoms with Crippen LogP contribution in [0, 0.1) is 10.1 Å². The van der Waals surface area contributed by atoms with Crippen LogP contribution in [0.15, 0.2) is 36.1 Å². The molecule has 1 N–H and O–H groups in total. The average molecular weight is 221 g/mol. The number of aliphatic hydroxyl groups is 1. The SMILES string of the molecule is O=C1O[C@H](c2ccc([N+](=O)[O-])cc2)C=C1O. The van der Waals surface area contributed by atoms with E-state index in [0.29, 0.717) is 5.56 Å². The number of benzene rings is 1. The minimum Gasteiger partial charge on any atom is -0.502 e. The van der Waals surface area contributed by atoms with Gasteiger partial charge in [0.15, 0.2) is 0 Å². The van der Waals surface area contributed by atoms with Crippen LogP contribution < -0.4 is 0 Å². The van der Waals surface area contributed by atoms with E-state index in [4.69, 9.17) is 9.84 Å². The number of esters is 1. The predicted octanol–water partition coefficient (Wildman–Crippen LogP) is 1.63. The lowest BCUT2D eigenvalue weighted by Gasteiger charge is -2.06. The van der Waals surface area contributed by atoms with Crippen molar-refractivity contribution in [1.82, 2.24) is 0 Å². The molecule has 82 valence electrons. The lowest BCUT2D eigenvalue weighted by atomic mass is 10.1. The molecule has 0 bridgehead atoms. The van der Waals surface area contributed by atoms with E-state index in [1.165, 1.54) is 30.3 Å². The summed E-state index contributed by atoms with van der Waals surface area (Å²) < 4.78 is 4.81. The van der Waals surface area contributed by atoms with E-state index in [9.17, 15) is 14.9 Å². The Balaban J connectivity index is 2.24. The molecule has 1 aromatic carbocycles. The van der Waals surface area contributed by atoms with Gasteiger partial charge in [0, 0.05) is 18.2 Å². The van der Waals surface area contributed by atoms with Crippen molar-refractivity contribution < 1.29 is 19.6 Å². The van der Waals surface area contributed by atoms with Gasteiger partial charge in [-0.1, -0.05) is 0 Å². The normalized spacial score (nSPS) is 19.1. The lowest BCUT2D eigenvalue weighted by molar-refractivity contribution is -0.384. The van der Waals surface area contributed by atoms with E-state index in [1.807, 2.05) is 0 Å². The van der Waals surface area contributed by atoms with Gasteiger partial charge in [0.1, 0.15) is 6.10 Å². The number of rotatable bonds is 2. The van der Waals surface area contributed by atoms with Crippen LogP contribution in [-0.4, -0.2) is 16.0 Å². The first-order valence-corrected chi connectivity index (χ1v) is 4.44. The summed E-state index contributed by atoms with van der Waals surface area (Å²) in [6.07, 6.45) is 0.581. The number of hydrogen-bond donors (Lipinski definition) is 1. The molecular weight excluding hydrogens is 214 g/mol. The van der Waals surface area contributed by atoms with Crippen LogP contribution in [-0.2, 0) is 9.53 Å². The number of nitro benzene ring substituents is 1. The molecule has 1 atom stereocenters. The van der Waals surface area contributed by atoms with Gasteiger partial charge in [-0.2, -0.15) is 0 Å². The summed E-state index contributed by atoms with van der Waals surface area (Å²) in [4.78, 5) is 20.8. The Hall–Kier alpha value is -2.37. The highest BCUT2D eigenvalue weighted by molar-refractivity contribution is 5.88. The number of carbonyl (C=O) groups excluding carboxylic acids is 1. The standard InChI is InChI=1S/C10H7NO5/c12-8-5-9(16-10(8)13)6-1-3-7(4-2-6)11(14)15/h1-5,9,12H/t9-/m0/s1. The molecule has 1 heterocycles. The van der Waals surface area contributed by atoms with Gasteiger partial charge in [-0.15, -0.1) is 0 Å². The fourth-order valence-electron chi connectivity index (χ4n) is 1.37. The third-order valence-electron chi connectivity index (χ3n) is 2.18. The quantitative estimate of drug-likeness (QED) is 0.465. The summed E-state index contributed by atoms with van der Waals surface area (Å²) in [5.41, 5.74) is 0.532. The maximum Gasteiger partial charge on any atom is 0.374 e. The first-order valence-electron chi connectivity index (χ1n) is 4.44. The van der Waals surface area contributed by atoms with E-state index in [-0.39, 0.29) is 5.69 Å². The Morgan fingerprint density at radius 1 is 1.31 bits per heavy atom. The van der Waals surface area contributed by atoms with Crippen LogP contribution in [0.5, 0.6) is 0 Å². The van der Waals surface area contributed by atoms with Gasteiger partial charge in [-0.25, -0.2) is 4.79 Å². The molecule has 0 fully saturated rings. The highest BCUT2D eigenvalue weighted by Crippen LogP contribution is 2.27. The van der Waals surface area contributed by atoms with Gasteiger partial charge in [0.05, 0.1) is 4.92 Å². The third kappa shape index (κ3) is 1.72. The largest absolute Gasteiger partial charge is 0.502 e. The summed E-state index contributed by atoms with van der Waals surface area (Å²) in [5, 5.41) is 19.5. The second-order valence-electron chi connectivity index (χ2n) is 3.23. The smallest absolute Gasteiger partial charge is 0.374 e. The zero-order valence-electron chi connectivity index (χ0n) is 7.99. The van der Waals surface area contributed by atoms with Crippen molar-refractivity contribution in [2.75, 3.05) is 0 Å². The Bertz CT molecular complexity index is 476. The molecule has 1 aromatic rings. The number of aliphatic hydroxyl groups excluding tert-OH is 1. The number of nitrogens with zero attached hydrogens (tertiary/aromatic N) is 1. The lowest BCUT2D eigenvalue weighted by Crippen LogP contribution is -2.02. The molecule has 1 aliphatic heterocycles. The molecule has 0 radical (unpaired) electrons. The number of ether oxygens (including phenoxy) is 1. The molecule has 0 saturated carbocycles. The second kappa shape index (κ2) is 3.65. The zero-order chi connectivity index (χ0) is 11.7. The Kier molecular flexibility index (Phi) is 2.32. The Morgan fingerprint density at radius 2 is 1.94 bits per heavy atom. The van der Waals surface area contributed by atoms with Crippen LogP contribution in [0.4, 0.5) is 5.69 Å². The fourth-order valence-corrected chi connectivity index (χ4v) is 1.37. The molecule has 6 nitrogen and oxygen atoms in total. The van der Waals surface area contributed by atoms with Gasteiger partial charge < -0.3 is 9.84 Å². The molecule has 0 spiro atoms. The van der Waals surface area contributed by atoms with Crippen molar-refractivity contribution >= 4 is 11.7 Å². The van der Waals surface area contributed by atoms with Crippen molar-refractivity contribution in [3.05, 3.63) is 51.8 Å². The van der Waals surface area contributed by atoms with Gasteiger partial charge >= 0.3 is 5.97 Å². The Morgan fingerprint density at radius 3 is 2.38 bits per heavy atom. The minimum atomic E-state index is -0.789. The number of cyclic esters (lactones) is 1. The van der Waals surface area contributed by atoms with E-state index >= 15 is 0 Å². The molecule has 16 heavy (non-hydrogen) atoms. The molecule has 1 aliphatic rings. The van der Waals surface area contributed by atoms with Crippen molar-refractivity contribution in [1.29, 1.82) is 0 Å². The van der Waals surface area contributed by atoms with Gasteiger partial charge in [-0.3, -0.25) is 10.1 Å². The fraction of sp³-hybridized carbons (Fsp3) is 0.100. The van der Waals surface area contributed by atoms with E-state index < -0.39 is 22.8 Å². The highest BCUT2D eigenvalue weighted by atomic mass is 16.6. The van der Waals surface area contributed by atoms with Crippen LogP contribution in [0.2, 0.25) is 0 Å². The van der Waals surface area contributed by atoms with E-state index in [2.05, 4.69) is 0 Å². The number of hydrogen-bond acceptors (Lipinski definition) is 5. The minimum absolute atomic E-state index is 0.0405. The van der Waals surface area contributed by atoms with Crippen LogP contribution in [0.3, 0.4) is 0 Å². The summed E-state index contributed by atoms with van der Waals surface area (Å²) in [6, 6.07) is 5.58. The molecule has 2 rings (SSSR count). The molecule has 0 saturated heterocycles. The van der Waals surface area contributed by atoms with Crippen molar-refractivity contribution in [2.24, 2.45) is 0 Å². The summed E-state index contributed by atoms with van der Waals surface area (Å²) in [5.74, 6) is -1.23. The van der Waals surface area contributed by atoms with Crippen LogP contribution in [0.25, 0.3) is 0 Å². The average Bonchev–Trinajstić information content (AvgIpc) is 2.59. The maximum atomic E-state index is 10.9. The maximum absolute atomic E-state index is 10.9. The first-order chi connectivity index (χ1) is 7.58. The summed E-state index contributed by atoms with van der Waals surface area (Å²) in [6.45, 7) is 0. The van der Waals surface area contributed by atoms with E-state index in [1.54, 1.807) is 0 Å². The number of nitro groups is 1. The third-order valence-corrected chi connectivity index (χ3v) is 2.18. The van der Waals surface area contributed by atoms with Gasteiger partial charge in [0.25, 0.3) is 5.69 Å². The highest BCUT2D eigenvalue weighted by Gasteiger charge is 2.26. The van der Waals surface area contributed by atoms with Crippen molar-refractivity contribution in [3.63, 3.8) is 0 Å². The number of carbonyl (C=O) groups is 1. The monoisotopic (exact) mass is 221 g/mol. The second-order valence-corrected chi connectivity index (χ2v) is 3.23. The van der Waals surface area contributed by atoms with Crippen LogP contribution in [0.1, 0.15) is 11.7 Å². The molecule has 0 amide bonds. The molecule has 0 unspecified atom stereocenters. The van der Waals surface area contributed by atoms with Crippen LogP contribution >= 0.6 is 0 Å². The summed E-state index contributed by atoms with van der Waals surface area (Å²) in [7, 11) is 0. The predicted molar refractivity (Wildman–Crippen MR) is 52.6 cm³/mol. The van der Waals surface area contributed by atoms with Gasteiger partial charge in [0.2, 0.25) is 5.76 Å². The molecular formula is C10H7NO5. The van der Waals surface area contributed by atoms with Gasteiger partial charge in [-0.05, 0) is 17.7 Å². The zero-order valence-corrected chi connectivity index (χ0v) is 7.99. The van der Waals surface area contributed by atoms with Crippen molar-refractivity contribution in [2.45, 2.75) is 6.10 Å². The molecule has 6 heteroatoms. The molecule has 0 aromatic heterocycles.